The number of aryl methyl sites for hydroxylation is 1. The van der Waals surface area contributed by atoms with E-state index in [4.69, 9.17) is 0 Å². The predicted molar refractivity (Wildman–Crippen MR) is 72.1 cm³/mol. The highest BCUT2D eigenvalue weighted by atomic mass is 32.2. The largest absolute Gasteiger partial charge is 0.311 e. The summed E-state index contributed by atoms with van der Waals surface area (Å²) in [4.78, 5) is 0.942. The van der Waals surface area contributed by atoms with Gasteiger partial charge in [-0.3, -0.25) is 4.68 Å². The van der Waals surface area contributed by atoms with E-state index >= 15 is 0 Å². The minimum absolute atomic E-state index is 0.193. The number of rotatable bonds is 5. The Balaban J connectivity index is 2.02. The third-order valence-electron chi connectivity index (χ3n) is 2.78. The van der Waals surface area contributed by atoms with E-state index < -0.39 is 0 Å². The van der Waals surface area contributed by atoms with Crippen molar-refractivity contribution in [2.24, 2.45) is 7.05 Å². The molecule has 0 aliphatic carbocycles. The molecule has 1 aromatic heterocycles. The number of aromatic nitrogens is 2. The van der Waals surface area contributed by atoms with Gasteiger partial charge in [-0.15, -0.1) is 11.8 Å². The molecule has 1 heterocycles. The lowest BCUT2D eigenvalue weighted by molar-refractivity contribution is 0.585. The SMILES string of the molecule is CNC(CSc1cccc(F)c1)c1ccnn1C. The average molecular weight is 265 g/mol. The van der Waals surface area contributed by atoms with Crippen LogP contribution in [-0.4, -0.2) is 22.6 Å². The van der Waals surface area contributed by atoms with Crippen LogP contribution in [0.25, 0.3) is 0 Å². The van der Waals surface area contributed by atoms with Gasteiger partial charge < -0.3 is 5.32 Å². The van der Waals surface area contributed by atoms with Gasteiger partial charge in [0.1, 0.15) is 5.82 Å². The quantitative estimate of drug-likeness (QED) is 0.843. The fourth-order valence-electron chi connectivity index (χ4n) is 1.78. The maximum absolute atomic E-state index is 13.1. The summed E-state index contributed by atoms with van der Waals surface area (Å²) in [5, 5.41) is 7.42. The number of hydrogen-bond donors (Lipinski definition) is 1. The summed E-state index contributed by atoms with van der Waals surface area (Å²) in [7, 11) is 3.84. The van der Waals surface area contributed by atoms with Crippen molar-refractivity contribution in [3.8, 4) is 0 Å². The van der Waals surface area contributed by atoms with Crippen molar-refractivity contribution in [3.05, 3.63) is 48.0 Å². The molecule has 0 radical (unpaired) electrons. The second-order valence-electron chi connectivity index (χ2n) is 3.99. The molecule has 0 fully saturated rings. The van der Waals surface area contributed by atoms with Crippen LogP contribution >= 0.6 is 11.8 Å². The second-order valence-corrected chi connectivity index (χ2v) is 5.08. The van der Waals surface area contributed by atoms with Crippen molar-refractivity contribution in [2.45, 2.75) is 10.9 Å². The van der Waals surface area contributed by atoms with Crippen LogP contribution in [-0.2, 0) is 7.05 Å². The maximum atomic E-state index is 13.1. The summed E-state index contributed by atoms with van der Waals surface area (Å²) in [6, 6.07) is 8.86. The molecule has 2 aromatic rings. The molecule has 0 spiro atoms. The molecule has 0 aliphatic heterocycles. The van der Waals surface area contributed by atoms with Crippen molar-refractivity contribution in [1.29, 1.82) is 0 Å². The van der Waals surface area contributed by atoms with E-state index in [1.165, 1.54) is 6.07 Å². The lowest BCUT2D eigenvalue weighted by atomic mass is 10.2. The molecule has 1 N–H and O–H groups in total. The van der Waals surface area contributed by atoms with Gasteiger partial charge in [0.2, 0.25) is 0 Å². The third-order valence-corrected chi connectivity index (χ3v) is 3.86. The Morgan fingerprint density at radius 1 is 1.44 bits per heavy atom. The van der Waals surface area contributed by atoms with Gasteiger partial charge in [-0.25, -0.2) is 4.39 Å². The Kier molecular flexibility index (Phi) is 4.38. The lowest BCUT2D eigenvalue weighted by Gasteiger charge is -2.16. The van der Waals surface area contributed by atoms with Gasteiger partial charge >= 0.3 is 0 Å². The molecule has 1 aromatic carbocycles. The van der Waals surface area contributed by atoms with E-state index in [1.807, 2.05) is 30.9 Å². The number of nitrogens with one attached hydrogen (secondary N) is 1. The monoisotopic (exact) mass is 265 g/mol. The molecule has 18 heavy (non-hydrogen) atoms. The molecule has 0 saturated carbocycles. The summed E-state index contributed by atoms with van der Waals surface area (Å²) in [5.74, 6) is 0.640. The van der Waals surface area contributed by atoms with Crippen molar-refractivity contribution in [2.75, 3.05) is 12.8 Å². The van der Waals surface area contributed by atoms with E-state index in [1.54, 1.807) is 30.1 Å². The molecule has 0 amide bonds. The molecular formula is C13H16FN3S. The van der Waals surface area contributed by atoms with Crippen molar-refractivity contribution >= 4 is 11.8 Å². The Morgan fingerprint density at radius 2 is 2.28 bits per heavy atom. The zero-order valence-electron chi connectivity index (χ0n) is 10.4. The van der Waals surface area contributed by atoms with Gasteiger partial charge in [0.05, 0.1) is 11.7 Å². The topological polar surface area (TPSA) is 29.9 Å². The van der Waals surface area contributed by atoms with Crippen LogP contribution in [0.5, 0.6) is 0 Å². The van der Waals surface area contributed by atoms with E-state index in [-0.39, 0.29) is 11.9 Å². The first-order valence-corrected chi connectivity index (χ1v) is 6.73. The normalized spacial score (nSPS) is 12.6. The fraction of sp³-hybridized carbons (Fsp3) is 0.308. The first kappa shape index (κ1) is 13.1. The third kappa shape index (κ3) is 3.11. The maximum Gasteiger partial charge on any atom is 0.124 e. The summed E-state index contributed by atoms with van der Waals surface area (Å²) in [5.41, 5.74) is 1.13. The second kappa shape index (κ2) is 6.02. The van der Waals surface area contributed by atoms with Gasteiger partial charge in [-0.05, 0) is 31.3 Å². The Bertz CT molecular complexity index is 512. The highest BCUT2D eigenvalue weighted by molar-refractivity contribution is 7.99. The van der Waals surface area contributed by atoms with Crippen LogP contribution in [0.3, 0.4) is 0 Å². The number of halogens is 1. The van der Waals surface area contributed by atoms with E-state index in [2.05, 4.69) is 10.4 Å². The highest BCUT2D eigenvalue weighted by Crippen LogP contribution is 2.24. The fourth-order valence-corrected chi connectivity index (χ4v) is 2.85. The zero-order valence-corrected chi connectivity index (χ0v) is 11.2. The van der Waals surface area contributed by atoms with Gasteiger partial charge in [-0.2, -0.15) is 5.10 Å². The van der Waals surface area contributed by atoms with Gasteiger partial charge in [0, 0.05) is 23.9 Å². The van der Waals surface area contributed by atoms with Crippen molar-refractivity contribution in [3.63, 3.8) is 0 Å². The molecule has 1 atom stereocenters. The molecule has 5 heteroatoms. The van der Waals surface area contributed by atoms with E-state index in [0.717, 1.165) is 16.3 Å². The minimum atomic E-state index is -0.193. The van der Waals surface area contributed by atoms with E-state index in [0.29, 0.717) is 0 Å². The molecular weight excluding hydrogens is 249 g/mol. The molecule has 1 unspecified atom stereocenters. The number of hydrogen-bond acceptors (Lipinski definition) is 3. The average Bonchev–Trinajstić information content (AvgIpc) is 2.77. The zero-order chi connectivity index (χ0) is 13.0. The highest BCUT2D eigenvalue weighted by Gasteiger charge is 2.13. The summed E-state index contributed by atoms with van der Waals surface area (Å²) in [6.45, 7) is 0. The Morgan fingerprint density at radius 3 is 2.89 bits per heavy atom. The molecule has 2 rings (SSSR count). The lowest BCUT2D eigenvalue weighted by Crippen LogP contribution is -2.21. The number of nitrogens with zero attached hydrogens (tertiary/aromatic N) is 2. The molecule has 3 nitrogen and oxygen atoms in total. The number of thioether (sulfide) groups is 1. The number of benzene rings is 1. The van der Waals surface area contributed by atoms with Gasteiger partial charge in [0.25, 0.3) is 0 Å². The molecule has 0 bridgehead atoms. The Hall–Kier alpha value is -1.33. The molecule has 0 saturated heterocycles. The van der Waals surface area contributed by atoms with Crippen molar-refractivity contribution < 1.29 is 4.39 Å². The molecule has 96 valence electrons. The van der Waals surface area contributed by atoms with Crippen LogP contribution in [0.1, 0.15) is 11.7 Å². The summed E-state index contributed by atoms with van der Waals surface area (Å²) >= 11 is 1.63. The molecule has 0 aliphatic rings. The van der Waals surface area contributed by atoms with Crippen LogP contribution in [0.4, 0.5) is 4.39 Å². The summed E-state index contributed by atoms with van der Waals surface area (Å²) in [6.07, 6.45) is 1.78. The first-order valence-electron chi connectivity index (χ1n) is 5.74. The van der Waals surface area contributed by atoms with Gasteiger partial charge in [0.15, 0.2) is 0 Å². The Labute approximate surface area is 110 Å². The van der Waals surface area contributed by atoms with E-state index in [9.17, 15) is 4.39 Å². The van der Waals surface area contributed by atoms with Crippen LogP contribution in [0, 0.1) is 5.82 Å². The van der Waals surface area contributed by atoms with Crippen molar-refractivity contribution in [1.82, 2.24) is 15.1 Å². The smallest absolute Gasteiger partial charge is 0.124 e. The summed E-state index contributed by atoms with van der Waals surface area (Å²) < 4.78 is 14.9. The first-order chi connectivity index (χ1) is 8.70. The minimum Gasteiger partial charge on any atom is -0.311 e. The predicted octanol–water partition coefficient (Wildman–Crippen LogP) is 2.61. The van der Waals surface area contributed by atoms with Crippen LogP contribution < -0.4 is 5.32 Å². The van der Waals surface area contributed by atoms with Gasteiger partial charge in [-0.1, -0.05) is 6.07 Å². The van der Waals surface area contributed by atoms with Crippen LogP contribution in [0.15, 0.2) is 41.4 Å². The standard InChI is InChI=1S/C13H16FN3S/c1-15-12(13-6-7-16-17(13)2)9-18-11-5-3-4-10(14)8-11/h3-8,12,15H,9H2,1-2H3. The van der Waals surface area contributed by atoms with Crippen LogP contribution in [0.2, 0.25) is 0 Å².